The molecule has 0 radical (unpaired) electrons. The summed E-state index contributed by atoms with van der Waals surface area (Å²) in [6.45, 7) is 6.74. The van der Waals surface area contributed by atoms with E-state index in [4.69, 9.17) is 0 Å². The molecule has 1 fully saturated rings. The second-order valence-corrected chi connectivity index (χ2v) is 5.85. The van der Waals surface area contributed by atoms with E-state index in [0.717, 1.165) is 23.5 Å². The van der Waals surface area contributed by atoms with Crippen LogP contribution in [0, 0.1) is 0 Å². The maximum atomic E-state index is 4.63. The van der Waals surface area contributed by atoms with Crippen LogP contribution in [0.5, 0.6) is 0 Å². The van der Waals surface area contributed by atoms with Crippen LogP contribution in [-0.4, -0.2) is 44.0 Å². The number of piperidine rings is 1. The van der Waals surface area contributed by atoms with Crippen LogP contribution in [0.1, 0.15) is 38.3 Å². The first-order valence-electron chi connectivity index (χ1n) is 7.56. The van der Waals surface area contributed by atoms with Crippen LogP contribution in [0.2, 0.25) is 0 Å². The molecule has 1 atom stereocenters. The zero-order valence-electron chi connectivity index (χ0n) is 12.6. The lowest BCUT2D eigenvalue weighted by Gasteiger charge is -2.35. The summed E-state index contributed by atoms with van der Waals surface area (Å²) in [4.78, 5) is 19.9. The fourth-order valence-corrected chi connectivity index (χ4v) is 2.99. The van der Waals surface area contributed by atoms with Gasteiger partial charge in [-0.05, 0) is 33.2 Å². The molecule has 0 N–H and O–H groups in total. The summed E-state index contributed by atoms with van der Waals surface area (Å²) in [7, 11) is 0. The molecule has 2 aromatic rings. The molecule has 3 heterocycles. The van der Waals surface area contributed by atoms with Crippen molar-refractivity contribution in [3.63, 3.8) is 0 Å². The molecule has 2 aromatic heterocycles. The highest BCUT2D eigenvalue weighted by atomic mass is 15.2. The van der Waals surface area contributed by atoms with E-state index in [9.17, 15) is 0 Å². The quantitative estimate of drug-likeness (QED) is 0.866. The maximum Gasteiger partial charge on any atom is 0.115 e. The van der Waals surface area contributed by atoms with Gasteiger partial charge in [-0.25, -0.2) is 9.97 Å². The van der Waals surface area contributed by atoms with E-state index in [1.807, 2.05) is 12.4 Å². The molecule has 3 rings (SSSR count). The molecule has 5 heteroatoms. The molecule has 0 bridgehead atoms. The van der Waals surface area contributed by atoms with E-state index in [1.54, 1.807) is 18.7 Å². The van der Waals surface area contributed by atoms with Gasteiger partial charge in [0.25, 0.3) is 0 Å². The minimum atomic E-state index is 0.435. The number of hydrogen-bond acceptors (Lipinski definition) is 5. The van der Waals surface area contributed by atoms with Crippen LogP contribution >= 0.6 is 0 Å². The Balaban J connectivity index is 1.92. The van der Waals surface area contributed by atoms with E-state index in [0.29, 0.717) is 12.0 Å². The average molecular weight is 283 g/mol. The van der Waals surface area contributed by atoms with Gasteiger partial charge in [0.15, 0.2) is 0 Å². The number of nitrogens with zero attached hydrogens (tertiary/aromatic N) is 5. The standard InChI is InChI=1S/C16H21N5/c1-12(2)21-7-3-4-13(10-21)15-16(20-6-5-19-15)14-8-17-11-18-9-14/h5-6,8-9,11-13H,3-4,7,10H2,1-2H3/t13-/m1/s1. The van der Waals surface area contributed by atoms with Crippen molar-refractivity contribution in [2.75, 3.05) is 13.1 Å². The first-order valence-corrected chi connectivity index (χ1v) is 7.56. The van der Waals surface area contributed by atoms with Crippen molar-refractivity contribution >= 4 is 0 Å². The van der Waals surface area contributed by atoms with Gasteiger partial charge in [-0.15, -0.1) is 0 Å². The van der Waals surface area contributed by atoms with Crippen LogP contribution in [0.25, 0.3) is 11.3 Å². The van der Waals surface area contributed by atoms with Gasteiger partial charge in [0.05, 0.1) is 11.4 Å². The van der Waals surface area contributed by atoms with Crippen molar-refractivity contribution in [1.82, 2.24) is 24.8 Å². The summed E-state index contributed by atoms with van der Waals surface area (Å²) in [5.41, 5.74) is 2.95. The second-order valence-electron chi connectivity index (χ2n) is 5.85. The predicted octanol–water partition coefficient (Wildman–Crippen LogP) is 2.52. The number of aromatic nitrogens is 4. The fourth-order valence-electron chi connectivity index (χ4n) is 2.99. The SMILES string of the molecule is CC(C)N1CCC[C@@H](c2nccnc2-c2cncnc2)C1. The van der Waals surface area contributed by atoms with Gasteiger partial charge in [0.1, 0.15) is 6.33 Å². The van der Waals surface area contributed by atoms with E-state index in [2.05, 4.69) is 38.7 Å². The highest BCUT2D eigenvalue weighted by Crippen LogP contribution is 2.31. The van der Waals surface area contributed by atoms with E-state index in [-0.39, 0.29) is 0 Å². The molecule has 1 aliphatic heterocycles. The van der Waals surface area contributed by atoms with Gasteiger partial charge in [0, 0.05) is 48.9 Å². The van der Waals surface area contributed by atoms with Crippen LogP contribution < -0.4 is 0 Å². The molecule has 0 aromatic carbocycles. The first kappa shape index (κ1) is 14.1. The first-order chi connectivity index (χ1) is 10.3. The summed E-state index contributed by atoms with van der Waals surface area (Å²) < 4.78 is 0. The van der Waals surface area contributed by atoms with E-state index < -0.39 is 0 Å². The topological polar surface area (TPSA) is 54.8 Å². The predicted molar refractivity (Wildman–Crippen MR) is 81.7 cm³/mol. The number of rotatable bonds is 3. The molecule has 5 nitrogen and oxygen atoms in total. The smallest absolute Gasteiger partial charge is 0.115 e. The monoisotopic (exact) mass is 283 g/mol. The second kappa shape index (κ2) is 6.26. The lowest BCUT2D eigenvalue weighted by Crippen LogP contribution is -2.39. The molecule has 1 aliphatic rings. The minimum absolute atomic E-state index is 0.435. The van der Waals surface area contributed by atoms with E-state index in [1.165, 1.54) is 19.4 Å². The molecule has 21 heavy (non-hydrogen) atoms. The van der Waals surface area contributed by atoms with Crippen molar-refractivity contribution in [3.8, 4) is 11.3 Å². The lowest BCUT2D eigenvalue weighted by atomic mass is 9.91. The van der Waals surface area contributed by atoms with Gasteiger partial charge in [-0.3, -0.25) is 9.97 Å². The third-order valence-electron chi connectivity index (χ3n) is 4.13. The van der Waals surface area contributed by atoms with Gasteiger partial charge in [-0.1, -0.05) is 0 Å². The molecule has 110 valence electrons. The molecule has 0 amide bonds. The van der Waals surface area contributed by atoms with Crippen molar-refractivity contribution < 1.29 is 0 Å². The van der Waals surface area contributed by atoms with Crippen LogP contribution in [0.15, 0.2) is 31.1 Å². The average Bonchev–Trinajstić information content (AvgIpc) is 2.56. The Morgan fingerprint density at radius 1 is 1.14 bits per heavy atom. The van der Waals surface area contributed by atoms with Crippen LogP contribution in [-0.2, 0) is 0 Å². The van der Waals surface area contributed by atoms with Gasteiger partial charge < -0.3 is 4.90 Å². The number of likely N-dealkylation sites (tertiary alicyclic amines) is 1. The van der Waals surface area contributed by atoms with Gasteiger partial charge in [0.2, 0.25) is 0 Å². The zero-order chi connectivity index (χ0) is 14.7. The zero-order valence-corrected chi connectivity index (χ0v) is 12.6. The Morgan fingerprint density at radius 3 is 2.67 bits per heavy atom. The van der Waals surface area contributed by atoms with Crippen LogP contribution in [0.3, 0.4) is 0 Å². The van der Waals surface area contributed by atoms with Gasteiger partial charge in [-0.2, -0.15) is 0 Å². The normalized spacial score (nSPS) is 19.9. The summed E-state index contributed by atoms with van der Waals surface area (Å²) in [6, 6.07) is 0.577. The molecule has 0 saturated carbocycles. The third-order valence-corrected chi connectivity index (χ3v) is 4.13. The summed E-state index contributed by atoms with van der Waals surface area (Å²) in [5, 5.41) is 0. The Kier molecular flexibility index (Phi) is 4.20. The fraction of sp³-hybridized carbons (Fsp3) is 0.500. The molecular formula is C16H21N5. The Morgan fingerprint density at radius 2 is 1.90 bits per heavy atom. The van der Waals surface area contributed by atoms with Crippen molar-refractivity contribution in [1.29, 1.82) is 0 Å². The molecular weight excluding hydrogens is 262 g/mol. The maximum absolute atomic E-state index is 4.63. The van der Waals surface area contributed by atoms with Gasteiger partial charge >= 0.3 is 0 Å². The van der Waals surface area contributed by atoms with E-state index >= 15 is 0 Å². The minimum Gasteiger partial charge on any atom is -0.300 e. The molecule has 0 spiro atoms. The lowest BCUT2D eigenvalue weighted by molar-refractivity contribution is 0.166. The van der Waals surface area contributed by atoms with Crippen molar-refractivity contribution in [3.05, 3.63) is 36.8 Å². The molecule has 0 aliphatic carbocycles. The summed E-state index contributed by atoms with van der Waals surface area (Å²) in [5.74, 6) is 0.435. The highest BCUT2D eigenvalue weighted by molar-refractivity contribution is 5.59. The largest absolute Gasteiger partial charge is 0.300 e. The summed E-state index contributed by atoms with van der Waals surface area (Å²) in [6.07, 6.45) is 11.1. The number of hydrogen-bond donors (Lipinski definition) is 0. The Bertz CT molecular complexity index is 584. The summed E-state index contributed by atoms with van der Waals surface area (Å²) >= 11 is 0. The third kappa shape index (κ3) is 3.08. The molecule has 0 unspecified atom stereocenters. The Hall–Kier alpha value is -1.88. The highest BCUT2D eigenvalue weighted by Gasteiger charge is 2.26. The molecule has 1 saturated heterocycles. The van der Waals surface area contributed by atoms with Crippen LogP contribution in [0.4, 0.5) is 0 Å². The Labute approximate surface area is 125 Å². The van der Waals surface area contributed by atoms with Crippen molar-refractivity contribution in [2.45, 2.75) is 38.6 Å². The van der Waals surface area contributed by atoms with Crippen molar-refractivity contribution in [2.24, 2.45) is 0 Å².